The van der Waals surface area contributed by atoms with Crippen molar-refractivity contribution in [1.29, 1.82) is 0 Å². The molecule has 14 heteroatoms. The van der Waals surface area contributed by atoms with Crippen LogP contribution in [0, 0.1) is 0 Å². The Labute approximate surface area is 213 Å². The van der Waals surface area contributed by atoms with Gasteiger partial charge in [0.2, 0.25) is 17.7 Å². The fraction of sp³-hybridized carbons (Fsp3) is 0.565. The fourth-order valence-corrected chi connectivity index (χ4v) is 4.09. The van der Waals surface area contributed by atoms with Crippen molar-refractivity contribution in [2.24, 2.45) is 0 Å². The van der Waals surface area contributed by atoms with Crippen LogP contribution in [0.1, 0.15) is 26.2 Å². The van der Waals surface area contributed by atoms with E-state index in [0.717, 1.165) is 12.8 Å². The van der Waals surface area contributed by atoms with Crippen LogP contribution in [-0.4, -0.2) is 95.2 Å². The molecule has 0 saturated carbocycles. The molecule has 13 nitrogen and oxygen atoms in total. The highest BCUT2D eigenvalue weighted by Crippen LogP contribution is 2.23. The van der Waals surface area contributed by atoms with E-state index >= 15 is 0 Å². The van der Waals surface area contributed by atoms with Crippen LogP contribution < -0.4 is 25.0 Å². The number of aromatic nitrogens is 4. The van der Waals surface area contributed by atoms with E-state index in [1.807, 2.05) is 6.92 Å². The van der Waals surface area contributed by atoms with Gasteiger partial charge in [-0.3, -0.25) is 5.32 Å². The number of ether oxygens (including phenoxy) is 3. The second kappa shape index (κ2) is 12.4. The van der Waals surface area contributed by atoms with Crippen LogP contribution in [0.5, 0.6) is 11.8 Å². The van der Waals surface area contributed by atoms with Crippen LogP contribution in [0.4, 0.5) is 25.7 Å². The van der Waals surface area contributed by atoms with Gasteiger partial charge < -0.3 is 29.3 Å². The minimum absolute atomic E-state index is 0.0679. The second-order valence-electron chi connectivity index (χ2n) is 8.67. The van der Waals surface area contributed by atoms with Gasteiger partial charge in [-0.15, -0.1) is 0 Å². The third-order valence-electron chi connectivity index (χ3n) is 6.05. The Morgan fingerprint density at radius 2 is 2.11 bits per heavy atom. The Balaban J connectivity index is 1.35. The highest BCUT2D eigenvalue weighted by Gasteiger charge is 2.35. The molecule has 2 saturated heterocycles. The molecule has 37 heavy (non-hydrogen) atoms. The number of hydrogen-bond acceptors (Lipinski definition) is 10. The Morgan fingerprint density at radius 3 is 2.84 bits per heavy atom. The highest BCUT2D eigenvalue weighted by atomic mass is 19.1. The Morgan fingerprint density at radius 1 is 1.24 bits per heavy atom. The largest absolute Gasteiger partial charge is 0.477 e. The molecule has 2 aliphatic heterocycles. The molecule has 2 aliphatic rings. The van der Waals surface area contributed by atoms with Crippen molar-refractivity contribution < 1.29 is 28.2 Å². The number of likely N-dealkylation sites (N-methyl/N-ethyl adjacent to an activating group) is 1. The van der Waals surface area contributed by atoms with E-state index in [4.69, 9.17) is 14.2 Å². The van der Waals surface area contributed by atoms with Crippen molar-refractivity contribution in [3.8, 4) is 11.8 Å². The molecule has 0 unspecified atom stereocenters. The summed E-state index contributed by atoms with van der Waals surface area (Å²) in [6.45, 7) is 3.89. The molecule has 3 atom stereocenters. The van der Waals surface area contributed by atoms with Crippen LogP contribution in [-0.2, 0) is 4.74 Å². The normalized spacial score (nSPS) is 21.6. The number of carbonyl (C=O) groups is 2. The van der Waals surface area contributed by atoms with Crippen molar-refractivity contribution in [3.63, 3.8) is 0 Å². The predicted molar refractivity (Wildman–Crippen MR) is 131 cm³/mol. The Hall–Kier alpha value is -3.81. The first-order valence-electron chi connectivity index (χ1n) is 12.2. The quantitative estimate of drug-likeness (QED) is 0.558. The topological polar surface area (TPSA) is 144 Å². The summed E-state index contributed by atoms with van der Waals surface area (Å²) in [5, 5.41) is 5.37. The third-order valence-corrected chi connectivity index (χ3v) is 6.05. The number of nitrogens with one attached hydrogen (secondary N) is 2. The zero-order valence-corrected chi connectivity index (χ0v) is 20.8. The molecule has 0 radical (unpaired) electrons. The van der Waals surface area contributed by atoms with E-state index in [0.29, 0.717) is 32.2 Å². The fourth-order valence-electron chi connectivity index (χ4n) is 4.09. The standard InChI is InChI=1S/C23H31FN8O5/c1-3-36-20-12-26-18(11-27-20)29-22(33)31(2)17-13-32(9-7-16(17)24)21-25-8-6-19(30-21)37-23(34)28-15-5-4-10-35-14-15/h6,8,11-12,15-17H,3-5,7,9-10,13-14H2,1-2H3,(H,28,34)(H,26,29,33)/t15-,16+,17-/m0/s1. The van der Waals surface area contributed by atoms with E-state index in [2.05, 4.69) is 30.6 Å². The van der Waals surface area contributed by atoms with Gasteiger partial charge >= 0.3 is 12.1 Å². The molecule has 0 spiro atoms. The summed E-state index contributed by atoms with van der Waals surface area (Å²) in [4.78, 5) is 44.8. The van der Waals surface area contributed by atoms with Gasteiger partial charge in [-0.2, -0.15) is 4.98 Å². The third kappa shape index (κ3) is 7.12. The lowest BCUT2D eigenvalue weighted by atomic mass is 10.0. The summed E-state index contributed by atoms with van der Waals surface area (Å²) >= 11 is 0. The summed E-state index contributed by atoms with van der Waals surface area (Å²) in [6, 6.07) is 0.0563. The van der Waals surface area contributed by atoms with Gasteiger partial charge in [-0.05, 0) is 26.2 Å². The van der Waals surface area contributed by atoms with E-state index in [9.17, 15) is 14.0 Å². The molecule has 0 bridgehead atoms. The van der Waals surface area contributed by atoms with Crippen molar-refractivity contribution in [1.82, 2.24) is 30.2 Å². The molecule has 200 valence electrons. The lowest BCUT2D eigenvalue weighted by Gasteiger charge is -2.39. The molecule has 2 aromatic rings. The average Bonchev–Trinajstić information content (AvgIpc) is 2.90. The minimum atomic E-state index is -1.25. The van der Waals surface area contributed by atoms with Crippen molar-refractivity contribution in [3.05, 3.63) is 24.7 Å². The summed E-state index contributed by atoms with van der Waals surface area (Å²) in [7, 11) is 1.51. The maximum absolute atomic E-state index is 14.9. The molecule has 0 aromatic carbocycles. The van der Waals surface area contributed by atoms with Gasteiger partial charge in [0.25, 0.3) is 0 Å². The van der Waals surface area contributed by atoms with Crippen LogP contribution >= 0.6 is 0 Å². The monoisotopic (exact) mass is 518 g/mol. The zero-order valence-electron chi connectivity index (χ0n) is 20.8. The zero-order chi connectivity index (χ0) is 26.2. The molecule has 3 amide bonds. The summed E-state index contributed by atoms with van der Waals surface area (Å²) in [5.74, 6) is 0.898. The van der Waals surface area contributed by atoms with E-state index < -0.39 is 24.3 Å². The number of rotatable bonds is 7. The smallest absolute Gasteiger partial charge is 0.414 e. The predicted octanol–water partition coefficient (Wildman–Crippen LogP) is 2.01. The molecular formula is C23H31FN8O5. The van der Waals surface area contributed by atoms with Crippen molar-refractivity contribution >= 4 is 23.9 Å². The lowest BCUT2D eigenvalue weighted by Crippen LogP contribution is -2.55. The Bertz CT molecular complexity index is 1060. The lowest BCUT2D eigenvalue weighted by molar-refractivity contribution is 0.0701. The molecule has 2 N–H and O–H groups in total. The van der Waals surface area contributed by atoms with Gasteiger partial charge in [-0.1, -0.05) is 0 Å². The minimum Gasteiger partial charge on any atom is -0.477 e. The van der Waals surface area contributed by atoms with E-state index in [-0.39, 0.29) is 36.7 Å². The molecule has 0 aliphatic carbocycles. The number of carbonyl (C=O) groups excluding carboxylic acids is 2. The van der Waals surface area contributed by atoms with Gasteiger partial charge in [-0.25, -0.2) is 28.9 Å². The molecule has 4 rings (SSSR count). The van der Waals surface area contributed by atoms with Crippen LogP contribution in [0.25, 0.3) is 0 Å². The first-order valence-corrected chi connectivity index (χ1v) is 12.2. The number of alkyl halides is 1. The maximum atomic E-state index is 14.9. The first kappa shape index (κ1) is 26.3. The van der Waals surface area contributed by atoms with E-state index in [1.54, 1.807) is 4.90 Å². The Kier molecular flexibility index (Phi) is 8.82. The highest BCUT2D eigenvalue weighted by molar-refractivity contribution is 5.88. The SMILES string of the molecule is CCOc1cnc(NC(=O)N(C)[C@H]2CN(c3nccc(OC(=O)N[C@H]4CCCOC4)n3)CC[C@H]2F)cn1. The first-order chi connectivity index (χ1) is 17.9. The van der Waals surface area contributed by atoms with Crippen LogP contribution in [0.2, 0.25) is 0 Å². The summed E-state index contributed by atoms with van der Waals surface area (Å²) < 4.78 is 30.8. The number of anilines is 2. The number of amides is 3. The second-order valence-corrected chi connectivity index (χ2v) is 8.67. The molecule has 4 heterocycles. The van der Waals surface area contributed by atoms with Gasteiger partial charge in [0.05, 0.1) is 37.7 Å². The molecule has 2 fully saturated rings. The number of halogens is 1. The number of hydrogen-bond donors (Lipinski definition) is 2. The van der Waals surface area contributed by atoms with E-state index in [1.165, 1.54) is 36.6 Å². The number of piperidine rings is 1. The van der Waals surface area contributed by atoms with Gasteiger partial charge in [0.15, 0.2) is 5.82 Å². The molecular weight excluding hydrogens is 487 g/mol. The summed E-state index contributed by atoms with van der Waals surface area (Å²) in [5.41, 5.74) is 0. The van der Waals surface area contributed by atoms with Crippen molar-refractivity contribution in [2.45, 2.75) is 44.4 Å². The number of urea groups is 1. The number of nitrogens with zero attached hydrogens (tertiary/aromatic N) is 6. The van der Waals surface area contributed by atoms with Crippen LogP contribution in [0.15, 0.2) is 24.7 Å². The van der Waals surface area contributed by atoms with Crippen molar-refractivity contribution in [2.75, 3.05) is 50.2 Å². The summed E-state index contributed by atoms with van der Waals surface area (Å²) in [6.07, 6.45) is 4.21. The molecule has 2 aromatic heterocycles. The van der Waals surface area contributed by atoms with Crippen LogP contribution in [0.3, 0.4) is 0 Å². The van der Waals surface area contributed by atoms with Gasteiger partial charge in [0.1, 0.15) is 6.17 Å². The average molecular weight is 519 g/mol. The van der Waals surface area contributed by atoms with Gasteiger partial charge in [0, 0.05) is 39.0 Å². The maximum Gasteiger partial charge on any atom is 0.414 e.